The van der Waals surface area contributed by atoms with Crippen molar-refractivity contribution in [3.05, 3.63) is 56.3 Å². The smallest absolute Gasteiger partial charge is 0.291 e. The second-order valence-corrected chi connectivity index (χ2v) is 8.07. The number of benzene rings is 1. The molecule has 0 fully saturated rings. The van der Waals surface area contributed by atoms with Crippen LogP contribution in [0, 0.1) is 11.8 Å². The molecule has 2 heterocycles. The van der Waals surface area contributed by atoms with Gasteiger partial charge in [0.15, 0.2) is 15.4 Å². The van der Waals surface area contributed by atoms with Crippen molar-refractivity contribution < 1.29 is 8.42 Å². The van der Waals surface area contributed by atoms with Crippen molar-refractivity contribution in [2.45, 2.75) is 24.9 Å². The largest absolute Gasteiger partial charge is 0.298 e. The standard InChI is InChI=1S/C17H15ClN4O4S/c1-2-3-9-21-14-13(19-17(21)18)15(23)20-22(16(14)24)10-11-27(25,26)12-7-5-4-6-8-12/h4-8H,9-11H2,1H3,(H,20,23). The highest BCUT2D eigenvalue weighted by molar-refractivity contribution is 7.91. The van der Waals surface area contributed by atoms with Crippen LogP contribution in [-0.4, -0.2) is 33.5 Å². The number of fused-ring (bicyclic) bond motifs is 1. The lowest BCUT2D eigenvalue weighted by Gasteiger charge is -2.08. The summed E-state index contributed by atoms with van der Waals surface area (Å²) in [5.74, 6) is 5.09. The van der Waals surface area contributed by atoms with Gasteiger partial charge in [-0.25, -0.2) is 18.1 Å². The Labute approximate surface area is 159 Å². The van der Waals surface area contributed by atoms with E-state index in [1.165, 1.54) is 16.7 Å². The Hall–Kier alpha value is -2.83. The first-order valence-corrected chi connectivity index (χ1v) is 9.94. The monoisotopic (exact) mass is 406 g/mol. The van der Waals surface area contributed by atoms with Crippen molar-refractivity contribution in [2.24, 2.45) is 0 Å². The van der Waals surface area contributed by atoms with Crippen molar-refractivity contribution >= 4 is 32.5 Å². The van der Waals surface area contributed by atoms with Gasteiger partial charge in [-0.1, -0.05) is 24.1 Å². The first kappa shape index (κ1) is 18.9. The molecule has 27 heavy (non-hydrogen) atoms. The molecule has 1 aromatic carbocycles. The fraction of sp³-hybridized carbons (Fsp3) is 0.235. The minimum Gasteiger partial charge on any atom is -0.298 e. The summed E-state index contributed by atoms with van der Waals surface area (Å²) in [4.78, 5) is 29.1. The Bertz CT molecular complexity index is 1280. The topological polar surface area (TPSA) is 107 Å². The third kappa shape index (κ3) is 3.67. The number of sulfone groups is 1. The van der Waals surface area contributed by atoms with E-state index in [1.54, 1.807) is 25.1 Å². The highest BCUT2D eigenvalue weighted by Crippen LogP contribution is 2.14. The molecule has 140 valence electrons. The van der Waals surface area contributed by atoms with Gasteiger partial charge in [-0.2, -0.15) is 0 Å². The van der Waals surface area contributed by atoms with Gasteiger partial charge in [-0.05, 0) is 30.7 Å². The Balaban J connectivity index is 2.03. The molecule has 0 aliphatic heterocycles. The molecule has 0 atom stereocenters. The number of hydrogen-bond acceptors (Lipinski definition) is 5. The van der Waals surface area contributed by atoms with Gasteiger partial charge in [0, 0.05) is 0 Å². The Morgan fingerprint density at radius 3 is 2.59 bits per heavy atom. The Morgan fingerprint density at radius 1 is 1.22 bits per heavy atom. The van der Waals surface area contributed by atoms with E-state index >= 15 is 0 Å². The van der Waals surface area contributed by atoms with Crippen molar-refractivity contribution in [3.8, 4) is 11.8 Å². The van der Waals surface area contributed by atoms with Gasteiger partial charge in [0.25, 0.3) is 11.1 Å². The van der Waals surface area contributed by atoms with Crippen molar-refractivity contribution in [1.82, 2.24) is 19.3 Å². The molecule has 1 N–H and O–H groups in total. The van der Waals surface area contributed by atoms with Gasteiger partial charge >= 0.3 is 0 Å². The molecule has 2 aromatic heterocycles. The van der Waals surface area contributed by atoms with Crippen LogP contribution in [0.3, 0.4) is 0 Å². The number of aromatic nitrogens is 4. The zero-order valence-corrected chi connectivity index (χ0v) is 15.8. The number of H-pyrrole nitrogens is 1. The number of nitrogens with zero attached hydrogens (tertiary/aromatic N) is 3. The Morgan fingerprint density at radius 2 is 1.93 bits per heavy atom. The fourth-order valence-corrected chi connectivity index (χ4v) is 4.03. The van der Waals surface area contributed by atoms with Crippen molar-refractivity contribution in [3.63, 3.8) is 0 Å². The highest BCUT2D eigenvalue weighted by Gasteiger charge is 2.19. The molecule has 3 rings (SSSR count). The third-order valence-corrected chi connectivity index (χ3v) is 5.92. The van der Waals surface area contributed by atoms with Crippen LogP contribution < -0.4 is 11.1 Å². The summed E-state index contributed by atoms with van der Waals surface area (Å²) in [6.45, 7) is 1.50. The van der Waals surface area contributed by atoms with Gasteiger partial charge in [-0.15, -0.1) is 5.92 Å². The van der Waals surface area contributed by atoms with Crippen molar-refractivity contribution in [1.29, 1.82) is 0 Å². The first-order chi connectivity index (χ1) is 12.8. The molecule has 0 saturated carbocycles. The number of nitrogens with one attached hydrogen (secondary N) is 1. The summed E-state index contributed by atoms with van der Waals surface area (Å²) in [5.41, 5.74) is -1.34. The second-order valence-electron chi connectivity index (χ2n) is 5.62. The number of rotatable bonds is 5. The molecule has 3 aromatic rings. The van der Waals surface area contributed by atoms with Crippen LogP contribution in [0.5, 0.6) is 0 Å². The van der Waals surface area contributed by atoms with E-state index in [-0.39, 0.29) is 40.1 Å². The minimum absolute atomic E-state index is 0.0105. The van der Waals surface area contributed by atoms with Crippen LogP contribution >= 0.6 is 11.6 Å². The normalized spacial score (nSPS) is 11.3. The molecule has 0 unspecified atom stereocenters. The van der Waals surface area contributed by atoms with Crippen LogP contribution in [0.25, 0.3) is 11.0 Å². The molecule has 10 heteroatoms. The number of imidazole rings is 1. The van der Waals surface area contributed by atoms with Crippen molar-refractivity contribution in [2.75, 3.05) is 5.75 Å². The summed E-state index contributed by atoms with van der Waals surface area (Å²) < 4.78 is 27.1. The lowest BCUT2D eigenvalue weighted by atomic mass is 10.4. The predicted octanol–water partition coefficient (Wildman–Crippen LogP) is 1.04. The summed E-state index contributed by atoms with van der Waals surface area (Å²) in [6.07, 6.45) is 0. The Kier molecular flexibility index (Phi) is 5.21. The van der Waals surface area contributed by atoms with E-state index in [2.05, 4.69) is 21.9 Å². The average molecular weight is 407 g/mol. The minimum atomic E-state index is -3.61. The highest BCUT2D eigenvalue weighted by atomic mass is 35.5. The zero-order valence-electron chi connectivity index (χ0n) is 14.3. The predicted molar refractivity (Wildman–Crippen MR) is 102 cm³/mol. The van der Waals surface area contributed by atoms with Gasteiger partial charge in [0.2, 0.25) is 5.28 Å². The van der Waals surface area contributed by atoms with E-state index in [0.717, 1.165) is 4.68 Å². The van der Waals surface area contributed by atoms with Crippen LogP contribution in [-0.2, 0) is 22.9 Å². The summed E-state index contributed by atoms with van der Waals surface area (Å²) in [6, 6.07) is 7.88. The van der Waals surface area contributed by atoms with Crippen LogP contribution in [0.4, 0.5) is 0 Å². The molecule has 0 aliphatic rings. The number of halogens is 1. The maximum atomic E-state index is 12.8. The molecule has 0 radical (unpaired) electrons. The molecular weight excluding hydrogens is 392 g/mol. The maximum absolute atomic E-state index is 12.8. The van der Waals surface area contributed by atoms with Gasteiger partial charge in [-0.3, -0.25) is 19.3 Å². The van der Waals surface area contributed by atoms with Gasteiger partial charge in [0.05, 0.1) is 23.7 Å². The molecule has 0 bridgehead atoms. The third-order valence-electron chi connectivity index (χ3n) is 3.92. The summed E-state index contributed by atoms with van der Waals surface area (Å²) >= 11 is 6.02. The van der Waals surface area contributed by atoms with E-state index < -0.39 is 21.0 Å². The lowest BCUT2D eigenvalue weighted by molar-refractivity contribution is 0.569. The zero-order chi connectivity index (χ0) is 19.6. The van der Waals surface area contributed by atoms with Crippen LogP contribution in [0.15, 0.2) is 44.8 Å². The molecule has 8 nitrogen and oxygen atoms in total. The number of aromatic amines is 1. The SMILES string of the molecule is CC#CCn1c(Cl)nc2c(=O)[nH]n(CCS(=O)(=O)c3ccccc3)c(=O)c21. The first-order valence-electron chi connectivity index (χ1n) is 7.91. The quantitative estimate of drug-likeness (QED) is 0.637. The molecule has 0 spiro atoms. The number of hydrogen-bond donors (Lipinski definition) is 1. The van der Waals surface area contributed by atoms with E-state index in [1.807, 2.05) is 0 Å². The molecular formula is C17H15ClN4O4S. The van der Waals surface area contributed by atoms with E-state index in [9.17, 15) is 18.0 Å². The van der Waals surface area contributed by atoms with Gasteiger partial charge in [0.1, 0.15) is 5.52 Å². The van der Waals surface area contributed by atoms with Gasteiger partial charge < -0.3 is 0 Å². The second kappa shape index (κ2) is 7.42. The average Bonchev–Trinajstić information content (AvgIpc) is 2.99. The van der Waals surface area contributed by atoms with Crippen LogP contribution in [0.1, 0.15) is 6.92 Å². The number of aryl methyl sites for hydroxylation is 1. The molecule has 0 amide bonds. The maximum Gasteiger partial charge on any atom is 0.291 e. The molecule has 0 saturated heterocycles. The summed E-state index contributed by atoms with van der Waals surface area (Å²) in [5, 5.41) is 2.32. The van der Waals surface area contributed by atoms with E-state index in [4.69, 9.17) is 11.6 Å². The fourth-order valence-electron chi connectivity index (χ4n) is 2.57. The lowest BCUT2D eigenvalue weighted by Crippen LogP contribution is -2.33. The van der Waals surface area contributed by atoms with Crippen LogP contribution in [0.2, 0.25) is 5.28 Å². The summed E-state index contributed by atoms with van der Waals surface area (Å²) in [7, 11) is -3.61. The molecule has 0 aliphatic carbocycles. The van der Waals surface area contributed by atoms with E-state index in [0.29, 0.717) is 0 Å².